The Labute approximate surface area is 161 Å². The lowest BCUT2D eigenvalue weighted by Crippen LogP contribution is -2.31. The van der Waals surface area contributed by atoms with Gasteiger partial charge in [0.1, 0.15) is 5.69 Å². The van der Waals surface area contributed by atoms with Crippen molar-refractivity contribution in [3.05, 3.63) is 107 Å². The fraction of sp³-hybridized carbons (Fsp3) is 0.250. The molecule has 27 heavy (non-hydrogen) atoms. The lowest BCUT2D eigenvalue weighted by atomic mass is 9.97. The first kappa shape index (κ1) is 19.0. The van der Waals surface area contributed by atoms with Gasteiger partial charge in [0.25, 0.3) is 0 Å². The van der Waals surface area contributed by atoms with Crippen LogP contribution in [-0.4, -0.2) is 4.90 Å². The van der Waals surface area contributed by atoms with Crippen molar-refractivity contribution in [3.8, 4) is 0 Å². The highest BCUT2D eigenvalue weighted by Gasteiger charge is 2.25. The highest BCUT2D eigenvalue weighted by Crippen LogP contribution is 2.35. The zero-order chi connectivity index (χ0) is 19.1. The van der Waals surface area contributed by atoms with Gasteiger partial charge in [0.05, 0.1) is 0 Å². The molecule has 0 N–H and O–H groups in total. The molecule has 3 heteroatoms. The first-order valence-electron chi connectivity index (χ1n) is 9.51. The van der Waals surface area contributed by atoms with Crippen LogP contribution in [0.15, 0.2) is 90.1 Å². The fourth-order valence-corrected chi connectivity index (χ4v) is 3.68. The second-order valence-electron chi connectivity index (χ2n) is 6.85. The van der Waals surface area contributed by atoms with Gasteiger partial charge in [-0.1, -0.05) is 79.7 Å². The first-order valence-corrected chi connectivity index (χ1v) is 9.51. The third kappa shape index (κ3) is 4.69. The summed E-state index contributed by atoms with van der Waals surface area (Å²) < 4.78 is 0. The Balaban J connectivity index is 1.99. The maximum absolute atomic E-state index is 11.0. The van der Waals surface area contributed by atoms with Crippen LogP contribution in [0.4, 0.5) is 5.69 Å². The van der Waals surface area contributed by atoms with Gasteiger partial charge in [-0.2, -0.15) is 0 Å². The molecule has 138 valence electrons. The summed E-state index contributed by atoms with van der Waals surface area (Å²) in [4.78, 5) is 13.5. The van der Waals surface area contributed by atoms with Gasteiger partial charge in [-0.05, 0) is 47.3 Å². The van der Waals surface area contributed by atoms with Crippen molar-refractivity contribution in [1.29, 1.82) is 0 Å². The van der Waals surface area contributed by atoms with Crippen LogP contribution in [0.3, 0.4) is 0 Å². The minimum Gasteiger partial charge on any atom is -0.285 e. The molecule has 3 nitrogen and oxygen atoms in total. The first-order chi connectivity index (χ1) is 13.2. The lowest BCUT2D eigenvalue weighted by molar-refractivity contribution is 0.129. The highest BCUT2D eigenvalue weighted by molar-refractivity contribution is 5.41. The molecule has 3 rings (SSSR count). The number of hydrogen-bond acceptors (Lipinski definition) is 3. The van der Waals surface area contributed by atoms with E-state index < -0.39 is 0 Å². The molecule has 0 heterocycles. The van der Waals surface area contributed by atoms with Gasteiger partial charge in [-0.3, -0.25) is 4.90 Å². The Morgan fingerprint density at radius 2 is 1.48 bits per heavy atom. The van der Waals surface area contributed by atoms with E-state index in [4.69, 9.17) is 0 Å². The van der Waals surface area contributed by atoms with E-state index in [1.165, 1.54) is 11.1 Å². The summed E-state index contributed by atoms with van der Waals surface area (Å²) in [6, 6.07) is 29.2. The molecule has 0 fully saturated rings. The van der Waals surface area contributed by atoms with Gasteiger partial charge in [0, 0.05) is 18.6 Å². The lowest BCUT2D eigenvalue weighted by Gasteiger charge is -2.37. The van der Waals surface area contributed by atoms with E-state index in [1.807, 2.05) is 24.3 Å². The zero-order valence-corrected chi connectivity index (χ0v) is 16.0. The van der Waals surface area contributed by atoms with E-state index in [2.05, 4.69) is 78.5 Å². The van der Waals surface area contributed by atoms with Crippen molar-refractivity contribution >= 4 is 5.69 Å². The molecule has 0 aromatic heterocycles. The summed E-state index contributed by atoms with van der Waals surface area (Å²) in [5.74, 6) is 0. The van der Waals surface area contributed by atoms with Crippen LogP contribution >= 0.6 is 0 Å². The van der Waals surface area contributed by atoms with E-state index in [-0.39, 0.29) is 12.1 Å². The van der Waals surface area contributed by atoms with Crippen LogP contribution in [-0.2, 0) is 6.54 Å². The Morgan fingerprint density at radius 1 is 0.852 bits per heavy atom. The largest absolute Gasteiger partial charge is 0.285 e. The van der Waals surface area contributed by atoms with Gasteiger partial charge in [0.2, 0.25) is 0 Å². The molecule has 3 aromatic rings. The summed E-state index contributed by atoms with van der Waals surface area (Å²) in [7, 11) is 0. The molecule has 0 saturated carbocycles. The minimum atomic E-state index is 0.196. The summed E-state index contributed by atoms with van der Waals surface area (Å²) >= 11 is 0. The second kappa shape index (κ2) is 9.24. The molecule has 2 atom stereocenters. The van der Waals surface area contributed by atoms with Gasteiger partial charge in [0.15, 0.2) is 0 Å². The number of nitrogens with zero attached hydrogens (tertiary/aromatic N) is 2. The maximum atomic E-state index is 11.0. The maximum Gasteiger partial charge on any atom is 0.108 e. The molecule has 0 aliphatic heterocycles. The average Bonchev–Trinajstić information content (AvgIpc) is 2.74. The SMILES string of the molecule is CC[C@H](c1cccc(N=O)c1)N(Cc1ccccc1)[C@@H](C)c1ccccc1. The molecular weight excluding hydrogens is 332 g/mol. The van der Waals surface area contributed by atoms with Gasteiger partial charge < -0.3 is 0 Å². The molecule has 0 aliphatic rings. The Bertz CT molecular complexity index is 849. The zero-order valence-electron chi connectivity index (χ0n) is 16.0. The monoisotopic (exact) mass is 358 g/mol. The van der Waals surface area contributed by atoms with Crippen molar-refractivity contribution in [3.63, 3.8) is 0 Å². The van der Waals surface area contributed by atoms with E-state index >= 15 is 0 Å². The van der Waals surface area contributed by atoms with Crippen LogP contribution in [0.1, 0.15) is 49.0 Å². The molecule has 3 aromatic carbocycles. The minimum absolute atomic E-state index is 0.196. The molecule has 0 radical (unpaired) electrons. The predicted octanol–water partition coefficient (Wildman–Crippen LogP) is 6.80. The third-order valence-corrected chi connectivity index (χ3v) is 5.13. The Hall–Kier alpha value is -2.78. The fourth-order valence-electron chi connectivity index (χ4n) is 3.68. The average molecular weight is 358 g/mol. The third-order valence-electron chi connectivity index (χ3n) is 5.13. The topological polar surface area (TPSA) is 32.7 Å². The van der Waals surface area contributed by atoms with Crippen LogP contribution in [0, 0.1) is 4.91 Å². The second-order valence-corrected chi connectivity index (χ2v) is 6.85. The molecule has 0 bridgehead atoms. The molecule has 0 aliphatic carbocycles. The molecular formula is C24H26N2O. The van der Waals surface area contributed by atoms with Crippen LogP contribution in [0.25, 0.3) is 0 Å². The van der Waals surface area contributed by atoms with Crippen molar-refractivity contribution < 1.29 is 0 Å². The van der Waals surface area contributed by atoms with Crippen molar-refractivity contribution in [2.75, 3.05) is 0 Å². The number of benzene rings is 3. The molecule has 0 spiro atoms. The van der Waals surface area contributed by atoms with Crippen molar-refractivity contribution in [2.45, 2.75) is 38.9 Å². The number of rotatable bonds is 8. The number of hydrogen-bond donors (Lipinski definition) is 0. The van der Waals surface area contributed by atoms with Crippen molar-refractivity contribution in [1.82, 2.24) is 4.90 Å². The van der Waals surface area contributed by atoms with Gasteiger partial charge >= 0.3 is 0 Å². The summed E-state index contributed by atoms with van der Waals surface area (Å²) in [6.07, 6.45) is 0.951. The standard InChI is InChI=1S/C24H26N2O/c1-3-24(22-15-10-16-23(17-22)25-27)26(18-20-11-6-4-7-12-20)19(2)21-13-8-5-9-14-21/h4-17,19,24H,3,18H2,1-2H3/t19-,24+/m0/s1. The smallest absolute Gasteiger partial charge is 0.108 e. The highest BCUT2D eigenvalue weighted by atomic mass is 16.3. The van der Waals surface area contributed by atoms with E-state index in [0.717, 1.165) is 18.5 Å². The Kier molecular flexibility index (Phi) is 6.50. The molecule has 0 unspecified atom stereocenters. The normalized spacial score (nSPS) is 13.3. The van der Waals surface area contributed by atoms with E-state index in [9.17, 15) is 4.91 Å². The summed E-state index contributed by atoms with van der Waals surface area (Å²) in [6.45, 7) is 5.29. The van der Waals surface area contributed by atoms with Crippen LogP contribution in [0.5, 0.6) is 0 Å². The Morgan fingerprint density at radius 3 is 2.11 bits per heavy atom. The summed E-state index contributed by atoms with van der Waals surface area (Å²) in [5, 5.41) is 3.13. The van der Waals surface area contributed by atoms with Crippen molar-refractivity contribution in [2.24, 2.45) is 5.18 Å². The van der Waals surface area contributed by atoms with Gasteiger partial charge in [-0.25, -0.2) is 0 Å². The van der Waals surface area contributed by atoms with Crippen LogP contribution < -0.4 is 0 Å². The molecule has 0 saturated heterocycles. The quantitative estimate of drug-likeness (QED) is 0.415. The van der Waals surface area contributed by atoms with E-state index in [1.54, 1.807) is 6.07 Å². The van der Waals surface area contributed by atoms with Crippen LogP contribution in [0.2, 0.25) is 0 Å². The number of nitroso groups, excluding NO2 is 1. The van der Waals surface area contributed by atoms with E-state index in [0.29, 0.717) is 5.69 Å². The predicted molar refractivity (Wildman–Crippen MR) is 112 cm³/mol. The summed E-state index contributed by atoms with van der Waals surface area (Å²) in [5.41, 5.74) is 4.19. The molecule has 0 amide bonds. The van der Waals surface area contributed by atoms with Gasteiger partial charge in [-0.15, -0.1) is 4.91 Å².